The Bertz CT molecular complexity index is 551. The van der Waals surface area contributed by atoms with Crippen molar-refractivity contribution in [2.24, 2.45) is 5.10 Å². The Balaban J connectivity index is 1.59. The minimum Gasteiger partial charge on any atom is -0.273 e. The van der Waals surface area contributed by atoms with E-state index in [4.69, 9.17) is 0 Å². The fraction of sp³-hybridized carbons (Fsp3) is 0.636. The lowest BCUT2D eigenvalue weighted by molar-refractivity contribution is -0.121. The van der Waals surface area contributed by atoms with Crippen LogP contribution in [0.4, 0.5) is 0 Å². The number of nitrogens with zero attached hydrogens (tertiary/aromatic N) is 1. The molecule has 1 aromatic carbocycles. The van der Waals surface area contributed by atoms with Gasteiger partial charge in [0.25, 0.3) is 0 Å². The standard InChI is InChI=1S/C22H34N2O/c1-2-3-4-5-6-7-8-9-10-18-22(25)24-23-21-17-13-15-19-14-11-12-16-20(19)21/h11-12,14,16H,2-10,13,15,17-18H2,1H3,(H,24,25)/b23-21-. The Hall–Kier alpha value is -1.64. The van der Waals surface area contributed by atoms with Gasteiger partial charge in [-0.2, -0.15) is 5.10 Å². The second kappa shape index (κ2) is 11.8. The highest BCUT2D eigenvalue weighted by molar-refractivity contribution is 6.03. The van der Waals surface area contributed by atoms with Crippen molar-refractivity contribution >= 4 is 11.6 Å². The maximum Gasteiger partial charge on any atom is 0.240 e. The minimum absolute atomic E-state index is 0.0542. The lowest BCUT2D eigenvalue weighted by Gasteiger charge is -2.17. The summed E-state index contributed by atoms with van der Waals surface area (Å²) in [5.74, 6) is 0.0542. The number of hydrogen-bond donors (Lipinski definition) is 1. The molecule has 25 heavy (non-hydrogen) atoms. The van der Waals surface area contributed by atoms with Crippen LogP contribution in [0.1, 0.15) is 95.1 Å². The van der Waals surface area contributed by atoms with Crippen LogP contribution in [0.15, 0.2) is 29.4 Å². The lowest BCUT2D eigenvalue weighted by atomic mass is 9.90. The number of rotatable bonds is 11. The van der Waals surface area contributed by atoms with E-state index in [9.17, 15) is 4.79 Å². The topological polar surface area (TPSA) is 41.5 Å². The zero-order valence-corrected chi connectivity index (χ0v) is 15.9. The molecule has 0 bridgehead atoms. The molecule has 1 aromatic rings. The van der Waals surface area contributed by atoms with Crippen molar-refractivity contribution in [2.45, 2.75) is 90.4 Å². The third kappa shape index (κ3) is 7.41. The molecule has 0 saturated carbocycles. The Kier molecular flexibility index (Phi) is 9.32. The van der Waals surface area contributed by atoms with E-state index in [1.807, 2.05) is 6.07 Å². The molecule has 1 aliphatic rings. The predicted molar refractivity (Wildman–Crippen MR) is 106 cm³/mol. The summed E-state index contributed by atoms with van der Waals surface area (Å²) < 4.78 is 0. The van der Waals surface area contributed by atoms with Gasteiger partial charge in [-0.25, -0.2) is 5.43 Å². The van der Waals surface area contributed by atoms with Crippen molar-refractivity contribution in [3.63, 3.8) is 0 Å². The van der Waals surface area contributed by atoms with E-state index in [2.05, 4.69) is 35.7 Å². The predicted octanol–water partition coefficient (Wildman–Crippen LogP) is 5.76. The van der Waals surface area contributed by atoms with Crippen molar-refractivity contribution in [3.8, 4) is 0 Å². The SMILES string of the molecule is CCCCCCCCCCCC(=O)N/N=C1/CCCc2ccccc21. The molecule has 0 aromatic heterocycles. The van der Waals surface area contributed by atoms with E-state index < -0.39 is 0 Å². The molecule has 0 heterocycles. The van der Waals surface area contributed by atoms with E-state index in [-0.39, 0.29) is 5.91 Å². The number of amides is 1. The zero-order valence-electron chi connectivity index (χ0n) is 15.9. The molecule has 0 radical (unpaired) electrons. The van der Waals surface area contributed by atoms with Gasteiger partial charge in [-0.3, -0.25) is 4.79 Å². The van der Waals surface area contributed by atoms with Crippen LogP contribution in [0.5, 0.6) is 0 Å². The van der Waals surface area contributed by atoms with Crippen molar-refractivity contribution in [1.29, 1.82) is 0 Å². The van der Waals surface area contributed by atoms with E-state index in [1.165, 1.54) is 56.1 Å². The number of hydrogen-bond acceptors (Lipinski definition) is 2. The van der Waals surface area contributed by atoms with E-state index in [0.717, 1.165) is 37.8 Å². The number of aryl methyl sites for hydroxylation is 1. The van der Waals surface area contributed by atoms with Crippen LogP contribution in [0.2, 0.25) is 0 Å². The van der Waals surface area contributed by atoms with Gasteiger partial charge in [-0.05, 0) is 31.2 Å². The molecule has 138 valence electrons. The first-order valence-corrected chi connectivity index (χ1v) is 10.2. The maximum atomic E-state index is 12.0. The van der Waals surface area contributed by atoms with E-state index in [1.54, 1.807) is 0 Å². The second-order valence-electron chi connectivity index (χ2n) is 7.18. The quantitative estimate of drug-likeness (QED) is 0.403. The van der Waals surface area contributed by atoms with Crippen LogP contribution < -0.4 is 5.43 Å². The van der Waals surface area contributed by atoms with Crippen LogP contribution in [-0.2, 0) is 11.2 Å². The number of hydrazone groups is 1. The molecule has 0 fully saturated rings. The summed E-state index contributed by atoms with van der Waals surface area (Å²) in [5.41, 5.74) is 6.35. The highest BCUT2D eigenvalue weighted by atomic mass is 16.2. The Morgan fingerprint density at radius 1 is 0.960 bits per heavy atom. The molecule has 0 unspecified atom stereocenters. The molecule has 1 N–H and O–H groups in total. The molecule has 1 aliphatic carbocycles. The monoisotopic (exact) mass is 342 g/mol. The van der Waals surface area contributed by atoms with Crippen molar-refractivity contribution in [1.82, 2.24) is 5.43 Å². The number of fused-ring (bicyclic) bond motifs is 1. The third-order valence-electron chi connectivity index (χ3n) is 5.01. The molecule has 0 spiro atoms. The minimum atomic E-state index is 0.0542. The van der Waals surface area contributed by atoms with Crippen LogP contribution in [0, 0.1) is 0 Å². The highest BCUT2D eigenvalue weighted by Gasteiger charge is 2.14. The average molecular weight is 343 g/mol. The van der Waals surface area contributed by atoms with Crippen LogP contribution in [0.3, 0.4) is 0 Å². The van der Waals surface area contributed by atoms with Gasteiger partial charge in [0.05, 0.1) is 5.71 Å². The first-order chi connectivity index (χ1) is 12.3. The Labute approximate surface area is 153 Å². The van der Waals surface area contributed by atoms with Gasteiger partial charge in [-0.15, -0.1) is 0 Å². The third-order valence-corrected chi connectivity index (χ3v) is 5.01. The second-order valence-corrected chi connectivity index (χ2v) is 7.18. The summed E-state index contributed by atoms with van der Waals surface area (Å²) >= 11 is 0. The average Bonchev–Trinajstić information content (AvgIpc) is 2.65. The summed E-state index contributed by atoms with van der Waals surface area (Å²) in [4.78, 5) is 12.0. The van der Waals surface area contributed by atoms with Gasteiger partial charge in [0, 0.05) is 12.0 Å². The van der Waals surface area contributed by atoms with Crippen LogP contribution in [-0.4, -0.2) is 11.6 Å². The first kappa shape index (κ1) is 19.7. The summed E-state index contributed by atoms with van der Waals surface area (Å²) in [6.45, 7) is 2.25. The first-order valence-electron chi connectivity index (χ1n) is 10.2. The van der Waals surface area contributed by atoms with Crippen molar-refractivity contribution in [2.75, 3.05) is 0 Å². The lowest BCUT2D eigenvalue weighted by Crippen LogP contribution is -2.21. The van der Waals surface area contributed by atoms with Gasteiger partial charge >= 0.3 is 0 Å². The molecule has 0 aliphatic heterocycles. The van der Waals surface area contributed by atoms with Gasteiger partial charge in [0.1, 0.15) is 0 Å². The number of nitrogens with one attached hydrogen (secondary N) is 1. The summed E-state index contributed by atoms with van der Waals surface area (Å²) in [5, 5.41) is 4.40. The molecular weight excluding hydrogens is 308 g/mol. The molecular formula is C22H34N2O. The molecule has 3 nitrogen and oxygen atoms in total. The van der Waals surface area contributed by atoms with Crippen molar-refractivity contribution in [3.05, 3.63) is 35.4 Å². The molecule has 2 rings (SSSR count). The zero-order chi connectivity index (χ0) is 17.7. The summed E-state index contributed by atoms with van der Waals surface area (Å²) in [7, 11) is 0. The van der Waals surface area contributed by atoms with Gasteiger partial charge in [0.2, 0.25) is 5.91 Å². The Morgan fingerprint density at radius 3 is 2.40 bits per heavy atom. The van der Waals surface area contributed by atoms with Crippen LogP contribution in [0.25, 0.3) is 0 Å². The number of benzene rings is 1. The number of carbonyl (C=O) groups excluding carboxylic acids is 1. The number of carbonyl (C=O) groups is 1. The number of unbranched alkanes of at least 4 members (excludes halogenated alkanes) is 8. The van der Waals surface area contributed by atoms with Gasteiger partial charge in [0.15, 0.2) is 0 Å². The molecule has 0 atom stereocenters. The van der Waals surface area contributed by atoms with Gasteiger partial charge in [-0.1, -0.05) is 82.6 Å². The largest absolute Gasteiger partial charge is 0.273 e. The molecule has 1 amide bonds. The molecule has 0 saturated heterocycles. The Morgan fingerprint density at radius 2 is 1.64 bits per heavy atom. The van der Waals surface area contributed by atoms with Crippen LogP contribution >= 0.6 is 0 Å². The maximum absolute atomic E-state index is 12.0. The fourth-order valence-electron chi connectivity index (χ4n) is 3.50. The van der Waals surface area contributed by atoms with Gasteiger partial charge < -0.3 is 0 Å². The van der Waals surface area contributed by atoms with Crippen molar-refractivity contribution < 1.29 is 4.79 Å². The van der Waals surface area contributed by atoms with E-state index >= 15 is 0 Å². The normalized spacial score (nSPS) is 15.2. The summed E-state index contributed by atoms with van der Waals surface area (Å²) in [6, 6.07) is 8.39. The smallest absolute Gasteiger partial charge is 0.240 e. The highest BCUT2D eigenvalue weighted by Crippen LogP contribution is 2.21. The fourth-order valence-corrected chi connectivity index (χ4v) is 3.50. The molecule has 3 heteroatoms. The summed E-state index contributed by atoms with van der Waals surface area (Å²) in [6.07, 6.45) is 15.2. The van der Waals surface area contributed by atoms with E-state index in [0.29, 0.717) is 6.42 Å².